The van der Waals surface area contributed by atoms with Crippen LogP contribution in [0.2, 0.25) is 10.0 Å². The smallest absolute Gasteiger partial charge is 0.258 e. The number of hydrogen-bond acceptors (Lipinski definition) is 2. The van der Waals surface area contributed by atoms with Crippen molar-refractivity contribution in [3.05, 3.63) is 35.9 Å². The summed E-state index contributed by atoms with van der Waals surface area (Å²) in [7, 11) is 0. The minimum atomic E-state index is -0.496. The van der Waals surface area contributed by atoms with E-state index in [1.54, 1.807) is 0 Å². The standard InChI is InChI=1S/C6H2Cl2INO2/c7-3-1-5(9)6(10(11)12)2-4(3)8/h1-2H. The van der Waals surface area contributed by atoms with Gasteiger partial charge in [0.05, 0.1) is 18.5 Å². The van der Waals surface area contributed by atoms with Crippen molar-refractivity contribution in [1.29, 1.82) is 0 Å². The molecule has 0 heterocycles. The molecule has 12 heavy (non-hydrogen) atoms. The Balaban J connectivity index is 3.33. The molecule has 0 saturated heterocycles. The number of nitrogens with zero attached hydrogens (tertiary/aromatic N) is 1. The fourth-order valence-corrected chi connectivity index (χ4v) is 1.82. The van der Waals surface area contributed by atoms with Gasteiger partial charge < -0.3 is 0 Å². The van der Waals surface area contributed by atoms with Crippen LogP contribution in [0, 0.1) is 13.7 Å². The Morgan fingerprint density at radius 3 is 2.33 bits per heavy atom. The largest absolute Gasteiger partial charge is 0.284 e. The Labute approximate surface area is 92.0 Å². The van der Waals surface area contributed by atoms with Gasteiger partial charge in [-0.05, 0) is 28.7 Å². The monoisotopic (exact) mass is 317 g/mol. The molecule has 0 unspecified atom stereocenters. The van der Waals surface area contributed by atoms with E-state index in [1.165, 1.54) is 12.1 Å². The van der Waals surface area contributed by atoms with Crippen molar-refractivity contribution in [1.82, 2.24) is 0 Å². The first-order chi connectivity index (χ1) is 5.52. The maximum absolute atomic E-state index is 10.4. The van der Waals surface area contributed by atoms with Crippen LogP contribution in [0.1, 0.15) is 0 Å². The second-order valence-corrected chi connectivity index (χ2v) is 3.95. The third kappa shape index (κ3) is 1.99. The van der Waals surface area contributed by atoms with E-state index in [1.807, 2.05) is 22.6 Å². The van der Waals surface area contributed by atoms with Gasteiger partial charge in [0.1, 0.15) is 0 Å². The predicted molar refractivity (Wildman–Crippen MR) is 55.8 cm³/mol. The van der Waals surface area contributed by atoms with E-state index in [2.05, 4.69) is 0 Å². The second-order valence-electron chi connectivity index (χ2n) is 1.97. The lowest BCUT2D eigenvalue weighted by Gasteiger charge is -1.97. The fourth-order valence-electron chi connectivity index (χ4n) is 0.652. The Kier molecular flexibility index (Phi) is 3.14. The molecule has 0 fully saturated rings. The van der Waals surface area contributed by atoms with E-state index < -0.39 is 4.92 Å². The highest BCUT2D eigenvalue weighted by atomic mass is 127. The maximum atomic E-state index is 10.4. The molecule has 0 atom stereocenters. The molecule has 0 aromatic heterocycles. The van der Waals surface area contributed by atoms with Crippen molar-refractivity contribution in [3.8, 4) is 0 Å². The minimum absolute atomic E-state index is 0.0231. The average Bonchev–Trinajstić information content (AvgIpc) is 1.96. The molecule has 1 aromatic carbocycles. The number of benzene rings is 1. The van der Waals surface area contributed by atoms with Crippen LogP contribution in [0.25, 0.3) is 0 Å². The first kappa shape index (κ1) is 10.0. The third-order valence-electron chi connectivity index (χ3n) is 1.19. The highest BCUT2D eigenvalue weighted by molar-refractivity contribution is 14.1. The zero-order valence-electron chi connectivity index (χ0n) is 5.55. The van der Waals surface area contributed by atoms with E-state index in [9.17, 15) is 10.1 Å². The van der Waals surface area contributed by atoms with Crippen molar-refractivity contribution in [2.75, 3.05) is 0 Å². The van der Waals surface area contributed by atoms with Crippen LogP contribution < -0.4 is 0 Å². The van der Waals surface area contributed by atoms with Crippen molar-refractivity contribution in [2.45, 2.75) is 0 Å². The summed E-state index contributed by atoms with van der Waals surface area (Å²) in [6.45, 7) is 0. The van der Waals surface area contributed by atoms with E-state index in [0.29, 0.717) is 8.59 Å². The molecular formula is C6H2Cl2INO2. The zero-order chi connectivity index (χ0) is 9.30. The van der Waals surface area contributed by atoms with E-state index >= 15 is 0 Å². The summed E-state index contributed by atoms with van der Waals surface area (Å²) in [5.74, 6) is 0. The molecule has 1 rings (SSSR count). The Hall–Kier alpha value is -0.0700. The molecule has 0 N–H and O–H groups in total. The van der Waals surface area contributed by atoms with Crippen LogP contribution in [-0.2, 0) is 0 Å². The first-order valence-electron chi connectivity index (χ1n) is 2.81. The molecule has 3 nitrogen and oxygen atoms in total. The number of nitro groups is 1. The molecule has 0 saturated carbocycles. The van der Waals surface area contributed by atoms with Gasteiger partial charge in [-0.25, -0.2) is 0 Å². The van der Waals surface area contributed by atoms with E-state index in [4.69, 9.17) is 23.2 Å². The molecule has 0 spiro atoms. The molecule has 0 radical (unpaired) electrons. The molecule has 0 amide bonds. The van der Waals surface area contributed by atoms with Crippen LogP contribution in [0.3, 0.4) is 0 Å². The average molecular weight is 318 g/mol. The van der Waals surface area contributed by atoms with E-state index in [0.717, 1.165) is 0 Å². The second kappa shape index (κ2) is 3.76. The van der Waals surface area contributed by atoms with Crippen LogP contribution in [0.5, 0.6) is 0 Å². The van der Waals surface area contributed by atoms with E-state index in [-0.39, 0.29) is 10.7 Å². The van der Waals surface area contributed by atoms with Crippen molar-refractivity contribution >= 4 is 51.5 Å². The van der Waals surface area contributed by atoms with Gasteiger partial charge in [0, 0.05) is 6.07 Å². The van der Waals surface area contributed by atoms with Crippen molar-refractivity contribution < 1.29 is 4.92 Å². The minimum Gasteiger partial charge on any atom is -0.258 e. The SMILES string of the molecule is O=[N+]([O-])c1cc(Cl)c(Cl)cc1I. The first-order valence-corrected chi connectivity index (χ1v) is 4.65. The molecule has 0 aliphatic heterocycles. The van der Waals surface area contributed by atoms with Crippen LogP contribution in [0.4, 0.5) is 5.69 Å². The number of halogens is 3. The summed E-state index contributed by atoms with van der Waals surface area (Å²) in [5, 5.41) is 10.9. The Morgan fingerprint density at radius 2 is 1.83 bits per heavy atom. The molecule has 0 aliphatic carbocycles. The molecule has 6 heteroatoms. The summed E-state index contributed by atoms with van der Waals surface area (Å²) in [5.41, 5.74) is -0.0231. The van der Waals surface area contributed by atoms with Gasteiger partial charge in [-0.15, -0.1) is 0 Å². The maximum Gasteiger partial charge on any atom is 0.284 e. The quantitative estimate of drug-likeness (QED) is 0.344. The van der Waals surface area contributed by atoms with Crippen LogP contribution in [0.15, 0.2) is 12.1 Å². The lowest BCUT2D eigenvalue weighted by Crippen LogP contribution is -1.91. The molecule has 1 aromatic rings. The normalized spacial score (nSPS) is 9.92. The fraction of sp³-hybridized carbons (Fsp3) is 0. The van der Waals surface area contributed by atoms with Gasteiger partial charge in [0.25, 0.3) is 5.69 Å². The number of hydrogen-bond donors (Lipinski definition) is 0. The topological polar surface area (TPSA) is 43.1 Å². The van der Waals surface area contributed by atoms with Crippen LogP contribution >= 0.6 is 45.8 Å². The summed E-state index contributed by atoms with van der Waals surface area (Å²) in [6, 6.07) is 2.70. The van der Waals surface area contributed by atoms with Crippen LogP contribution in [-0.4, -0.2) is 4.92 Å². The van der Waals surface area contributed by atoms with Gasteiger partial charge in [-0.2, -0.15) is 0 Å². The molecule has 0 bridgehead atoms. The van der Waals surface area contributed by atoms with Gasteiger partial charge in [-0.3, -0.25) is 10.1 Å². The predicted octanol–water partition coefficient (Wildman–Crippen LogP) is 3.51. The van der Waals surface area contributed by atoms with Gasteiger partial charge in [0.15, 0.2) is 0 Å². The van der Waals surface area contributed by atoms with Crippen molar-refractivity contribution in [3.63, 3.8) is 0 Å². The lowest BCUT2D eigenvalue weighted by molar-refractivity contribution is -0.385. The Morgan fingerprint density at radius 1 is 1.33 bits per heavy atom. The molecule has 64 valence electrons. The summed E-state index contributed by atoms with van der Waals surface area (Å²) < 4.78 is 0.479. The molecular weight excluding hydrogens is 316 g/mol. The zero-order valence-corrected chi connectivity index (χ0v) is 9.22. The highest BCUT2D eigenvalue weighted by Gasteiger charge is 2.14. The molecule has 0 aliphatic rings. The summed E-state index contributed by atoms with van der Waals surface area (Å²) in [4.78, 5) is 9.89. The summed E-state index contributed by atoms with van der Waals surface area (Å²) >= 11 is 13.1. The lowest BCUT2D eigenvalue weighted by atomic mass is 10.3. The third-order valence-corrected chi connectivity index (χ3v) is 2.77. The number of rotatable bonds is 1. The number of nitro benzene ring substituents is 1. The van der Waals surface area contributed by atoms with Gasteiger partial charge in [0.2, 0.25) is 0 Å². The summed E-state index contributed by atoms with van der Waals surface area (Å²) in [6.07, 6.45) is 0. The van der Waals surface area contributed by atoms with Gasteiger partial charge in [-0.1, -0.05) is 23.2 Å². The van der Waals surface area contributed by atoms with Gasteiger partial charge >= 0.3 is 0 Å². The van der Waals surface area contributed by atoms with Crippen molar-refractivity contribution in [2.24, 2.45) is 0 Å². The highest BCUT2D eigenvalue weighted by Crippen LogP contribution is 2.30. The Bertz CT molecular complexity index is 343.